The maximum atomic E-state index is 16.9. The van der Waals surface area contributed by atoms with Crippen LogP contribution < -0.4 is 0 Å². The van der Waals surface area contributed by atoms with Crippen molar-refractivity contribution in [3.05, 3.63) is 59.9 Å². The monoisotopic (exact) mass is 490 g/mol. The van der Waals surface area contributed by atoms with E-state index in [0.29, 0.717) is 12.8 Å². The van der Waals surface area contributed by atoms with Crippen LogP contribution in [0, 0.1) is 11.3 Å². The van der Waals surface area contributed by atoms with Gasteiger partial charge in [-0.3, -0.25) is 4.98 Å². The number of likely N-dealkylation sites (N-methyl/N-ethyl adjacent to an activating group) is 1. The Balaban J connectivity index is 1.29. The Bertz CT molecular complexity index is 1320. The van der Waals surface area contributed by atoms with Crippen molar-refractivity contribution in [2.45, 2.75) is 80.6 Å². The number of fused-ring (bicyclic) bond motifs is 2. The van der Waals surface area contributed by atoms with Crippen molar-refractivity contribution in [1.82, 2.24) is 9.88 Å². The Hall–Kier alpha value is -2.12. The van der Waals surface area contributed by atoms with E-state index < -0.39 is 29.1 Å². The molecule has 7 rings (SSSR count). The maximum absolute atomic E-state index is 16.9. The molecule has 190 valence electrons. The lowest BCUT2D eigenvalue weighted by atomic mass is 9.56. The maximum Gasteiger partial charge on any atom is 0.171 e. The summed E-state index contributed by atoms with van der Waals surface area (Å²) in [6.07, 6.45) is 9.30. The first-order chi connectivity index (χ1) is 17.1. The van der Waals surface area contributed by atoms with Crippen molar-refractivity contribution in [2.24, 2.45) is 11.3 Å². The summed E-state index contributed by atoms with van der Waals surface area (Å²) >= 11 is 0. The number of nitrogens with zero attached hydrogens (tertiary/aromatic N) is 2. The molecular weight excluding hydrogens is 455 g/mol. The van der Waals surface area contributed by atoms with Gasteiger partial charge in [-0.25, -0.2) is 4.39 Å². The van der Waals surface area contributed by atoms with Crippen molar-refractivity contribution in [3.8, 4) is 0 Å². The van der Waals surface area contributed by atoms with E-state index in [2.05, 4.69) is 42.3 Å². The van der Waals surface area contributed by atoms with Crippen LogP contribution in [0.25, 0.3) is 16.3 Å². The topological polar surface area (TPSA) is 65.8 Å². The molecule has 6 heteroatoms. The van der Waals surface area contributed by atoms with E-state index in [1.165, 1.54) is 16.5 Å². The van der Waals surface area contributed by atoms with E-state index in [1.54, 1.807) is 0 Å². The molecule has 3 heterocycles. The molecule has 1 aromatic carbocycles. The minimum Gasteiger partial charge on any atom is -0.389 e. The molecule has 2 aromatic rings. The van der Waals surface area contributed by atoms with E-state index >= 15 is 4.39 Å². The molecule has 3 aliphatic carbocycles. The highest BCUT2D eigenvalue weighted by Crippen LogP contribution is 2.70. The van der Waals surface area contributed by atoms with Crippen LogP contribution >= 0.6 is 0 Å². The molecule has 8 atom stereocenters. The average molecular weight is 491 g/mol. The van der Waals surface area contributed by atoms with E-state index in [-0.39, 0.29) is 23.8 Å². The zero-order valence-electron chi connectivity index (χ0n) is 21.2. The predicted octanol–water partition coefficient (Wildman–Crippen LogP) is 4.43. The average Bonchev–Trinajstić information content (AvgIpc) is 3.40. The first-order valence-electron chi connectivity index (χ1n) is 13.3. The van der Waals surface area contributed by atoms with Gasteiger partial charge in [-0.2, -0.15) is 0 Å². The molecule has 5 aliphatic rings. The smallest absolute Gasteiger partial charge is 0.171 e. The van der Waals surface area contributed by atoms with Crippen LogP contribution in [0.2, 0.25) is 0 Å². The van der Waals surface area contributed by atoms with Gasteiger partial charge in [0, 0.05) is 41.6 Å². The fraction of sp³-hybridized carbons (Fsp3) is 0.567. The second-order valence-electron chi connectivity index (χ2n) is 12.4. The molecule has 1 saturated carbocycles. The minimum atomic E-state index is -1.97. The number of pyridine rings is 1. The number of aromatic nitrogens is 1. The lowest BCUT2D eigenvalue weighted by Gasteiger charge is -2.61. The fourth-order valence-corrected chi connectivity index (χ4v) is 8.68. The highest BCUT2D eigenvalue weighted by Gasteiger charge is 2.76. The number of aliphatic hydroxyl groups excluding tert-OH is 2. The quantitative estimate of drug-likeness (QED) is 0.610. The molecule has 5 nitrogen and oxygen atoms in total. The number of rotatable bonds is 2. The molecule has 0 radical (unpaired) electrons. The lowest BCUT2D eigenvalue weighted by molar-refractivity contribution is -0.282. The van der Waals surface area contributed by atoms with Gasteiger partial charge in [0.25, 0.3) is 0 Å². The fourth-order valence-electron chi connectivity index (χ4n) is 8.68. The van der Waals surface area contributed by atoms with Gasteiger partial charge in [-0.05, 0) is 80.4 Å². The van der Waals surface area contributed by atoms with Crippen molar-refractivity contribution >= 4 is 16.3 Å². The first-order valence-corrected chi connectivity index (χ1v) is 13.3. The second kappa shape index (κ2) is 7.25. The van der Waals surface area contributed by atoms with Gasteiger partial charge in [-0.15, -0.1) is 0 Å². The Morgan fingerprint density at radius 3 is 2.75 bits per heavy atom. The van der Waals surface area contributed by atoms with Gasteiger partial charge in [-0.1, -0.05) is 31.2 Å². The van der Waals surface area contributed by atoms with Gasteiger partial charge < -0.3 is 19.8 Å². The van der Waals surface area contributed by atoms with Gasteiger partial charge in [0.05, 0.1) is 11.7 Å². The number of halogens is 1. The standard InChI is InChI=1S/C30H35FN2O3/c1-27-10-8-21-15-30(31)26(35)25(34)23(33(2)3)16-28(30)11-12-29(21,36-28)24(27)7-6-22(27)19-5-4-18-9-13-32-17-20(18)14-19/h4-6,8-9,13-14,17,23-26,34-35H,7,10-12,15-16H2,1-3H3/t23?,24?,25-,26+,27-,28-,29-,30?/m1/s1. The van der Waals surface area contributed by atoms with Crippen LogP contribution in [-0.2, 0) is 4.74 Å². The molecule has 0 amide bonds. The molecule has 36 heavy (non-hydrogen) atoms. The van der Waals surface area contributed by atoms with Crippen LogP contribution in [-0.4, -0.2) is 69.3 Å². The molecule has 2 N–H and O–H groups in total. The Kier molecular flexibility index (Phi) is 4.64. The van der Waals surface area contributed by atoms with Gasteiger partial charge >= 0.3 is 0 Å². The number of ether oxygens (including phenoxy) is 1. The van der Waals surface area contributed by atoms with E-state index in [9.17, 15) is 10.2 Å². The molecule has 2 spiro atoms. The highest BCUT2D eigenvalue weighted by atomic mass is 19.1. The summed E-state index contributed by atoms with van der Waals surface area (Å²) in [5.41, 5.74) is -0.123. The van der Waals surface area contributed by atoms with Crippen LogP contribution in [0.1, 0.15) is 51.0 Å². The number of allylic oxidation sites excluding steroid dienone is 3. The molecular formula is C30H35FN2O3. The van der Waals surface area contributed by atoms with Crippen molar-refractivity contribution in [3.63, 3.8) is 0 Å². The van der Waals surface area contributed by atoms with E-state index in [1.807, 2.05) is 37.5 Å². The molecule has 2 bridgehead atoms. The van der Waals surface area contributed by atoms with Crippen LogP contribution in [0.3, 0.4) is 0 Å². The highest BCUT2D eigenvalue weighted by molar-refractivity contribution is 5.87. The zero-order chi connectivity index (χ0) is 25.1. The molecule has 2 aliphatic heterocycles. The Morgan fingerprint density at radius 2 is 1.94 bits per heavy atom. The minimum absolute atomic E-state index is 0.116. The molecule has 1 aromatic heterocycles. The SMILES string of the molecule is CN(C)C1C[C@@]23CC[C@@]4(O2)C(=CC[C@]2(C)C(c5ccc6ccncc6c5)=CCC24)CC3(F)[C@@H](O)[C@@H]1O. The normalized spacial score (nSPS) is 45.2. The second-order valence-corrected chi connectivity index (χ2v) is 12.4. The summed E-state index contributed by atoms with van der Waals surface area (Å²) in [6.45, 7) is 2.35. The van der Waals surface area contributed by atoms with Gasteiger partial charge in [0.15, 0.2) is 5.67 Å². The number of hydrogen-bond donors (Lipinski definition) is 2. The van der Waals surface area contributed by atoms with Crippen molar-refractivity contribution in [2.75, 3.05) is 14.1 Å². The largest absolute Gasteiger partial charge is 0.389 e. The third-order valence-electron chi connectivity index (χ3n) is 10.6. The third-order valence-corrected chi connectivity index (χ3v) is 10.6. The van der Waals surface area contributed by atoms with Crippen LogP contribution in [0.5, 0.6) is 0 Å². The van der Waals surface area contributed by atoms with Crippen LogP contribution in [0.4, 0.5) is 4.39 Å². The van der Waals surface area contributed by atoms with Crippen molar-refractivity contribution in [1.29, 1.82) is 0 Å². The van der Waals surface area contributed by atoms with E-state index in [4.69, 9.17) is 4.74 Å². The molecule has 2 saturated heterocycles. The van der Waals surface area contributed by atoms with Gasteiger partial charge in [0.1, 0.15) is 11.7 Å². The number of aliphatic hydroxyl groups is 2. The summed E-state index contributed by atoms with van der Waals surface area (Å²) < 4.78 is 23.9. The Labute approximate surface area is 211 Å². The number of hydrogen-bond acceptors (Lipinski definition) is 5. The zero-order valence-corrected chi connectivity index (χ0v) is 21.2. The summed E-state index contributed by atoms with van der Waals surface area (Å²) in [5, 5.41) is 24.2. The molecule has 3 unspecified atom stereocenters. The summed E-state index contributed by atoms with van der Waals surface area (Å²) in [7, 11) is 3.76. The van der Waals surface area contributed by atoms with Crippen LogP contribution in [0.15, 0.2) is 54.4 Å². The summed E-state index contributed by atoms with van der Waals surface area (Å²) in [5.74, 6) is 0.218. The lowest BCUT2D eigenvalue weighted by Crippen LogP contribution is -2.73. The third kappa shape index (κ3) is 2.66. The van der Waals surface area contributed by atoms with Crippen molar-refractivity contribution < 1.29 is 19.3 Å². The van der Waals surface area contributed by atoms with E-state index in [0.717, 1.165) is 30.2 Å². The van der Waals surface area contributed by atoms with Gasteiger partial charge in [0.2, 0.25) is 0 Å². The summed E-state index contributed by atoms with van der Waals surface area (Å²) in [4.78, 5) is 6.21. The first kappa shape index (κ1) is 23.0. The molecule has 3 fully saturated rings. The Morgan fingerprint density at radius 1 is 1.11 bits per heavy atom. The summed E-state index contributed by atoms with van der Waals surface area (Å²) in [6, 6.07) is 8.31. The number of alkyl halides is 1. The number of benzene rings is 1. The predicted molar refractivity (Wildman–Crippen MR) is 137 cm³/mol.